The van der Waals surface area contributed by atoms with E-state index < -0.39 is 0 Å². The van der Waals surface area contributed by atoms with Crippen LogP contribution in [0.1, 0.15) is 26.3 Å². The molecule has 0 aliphatic carbocycles. The lowest BCUT2D eigenvalue weighted by Gasteiger charge is -2.38. The standard InChI is InChI=1S/C16H26FN3/c1-4-18-12-14-9-15(17)11-16(10-14)20-7-5-19(6-8-20)13(2)3/h9-11,13,18H,4-8,12H2,1-3H3. The Morgan fingerprint density at radius 3 is 2.45 bits per heavy atom. The first-order valence-corrected chi connectivity index (χ1v) is 7.59. The van der Waals surface area contributed by atoms with E-state index in [2.05, 4.69) is 42.0 Å². The van der Waals surface area contributed by atoms with Gasteiger partial charge in [0.25, 0.3) is 0 Å². The minimum Gasteiger partial charge on any atom is -0.369 e. The first-order chi connectivity index (χ1) is 9.60. The first kappa shape index (κ1) is 15.3. The van der Waals surface area contributed by atoms with E-state index in [1.807, 2.05) is 0 Å². The Kier molecular flexibility index (Phi) is 5.38. The molecule has 1 saturated heterocycles. The second kappa shape index (κ2) is 7.04. The summed E-state index contributed by atoms with van der Waals surface area (Å²) in [5, 5.41) is 3.25. The highest BCUT2D eigenvalue weighted by Crippen LogP contribution is 2.21. The third kappa shape index (κ3) is 3.93. The number of nitrogens with zero attached hydrogens (tertiary/aromatic N) is 2. The van der Waals surface area contributed by atoms with E-state index in [1.165, 1.54) is 0 Å². The van der Waals surface area contributed by atoms with Crippen molar-refractivity contribution in [3.63, 3.8) is 0 Å². The maximum absolute atomic E-state index is 13.7. The van der Waals surface area contributed by atoms with Gasteiger partial charge < -0.3 is 10.2 Å². The van der Waals surface area contributed by atoms with E-state index in [4.69, 9.17) is 0 Å². The van der Waals surface area contributed by atoms with Crippen LogP contribution in [0.5, 0.6) is 0 Å². The molecule has 0 unspecified atom stereocenters. The van der Waals surface area contributed by atoms with Crippen LogP contribution >= 0.6 is 0 Å². The van der Waals surface area contributed by atoms with Gasteiger partial charge in [-0.3, -0.25) is 4.90 Å². The molecule has 1 aliphatic rings. The van der Waals surface area contributed by atoms with Gasteiger partial charge in [-0.2, -0.15) is 0 Å². The summed E-state index contributed by atoms with van der Waals surface area (Å²) in [6.45, 7) is 12.2. The average molecular weight is 279 g/mol. The van der Waals surface area contributed by atoms with Crippen LogP contribution in [0.3, 0.4) is 0 Å². The molecule has 1 fully saturated rings. The molecule has 1 aromatic carbocycles. The molecule has 0 spiro atoms. The molecule has 0 radical (unpaired) electrons. The van der Waals surface area contributed by atoms with Gasteiger partial charge in [0, 0.05) is 44.5 Å². The van der Waals surface area contributed by atoms with Crippen LogP contribution in [0.2, 0.25) is 0 Å². The van der Waals surface area contributed by atoms with E-state index in [0.29, 0.717) is 6.04 Å². The van der Waals surface area contributed by atoms with Gasteiger partial charge in [-0.25, -0.2) is 4.39 Å². The minimum atomic E-state index is -0.137. The van der Waals surface area contributed by atoms with Crippen molar-refractivity contribution in [1.29, 1.82) is 0 Å². The molecule has 1 heterocycles. The number of hydrogen-bond donors (Lipinski definition) is 1. The van der Waals surface area contributed by atoms with Gasteiger partial charge in [0.05, 0.1) is 0 Å². The average Bonchev–Trinajstić information content (AvgIpc) is 2.44. The normalized spacial score (nSPS) is 16.9. The zero-order valence-electron chi connectivity index (χ0n) is 12.8. The highest BCUT2D eigenvalue weighted by molar-refractivity contribution is 5.49. The Morgan fingerprint density at radius 1 is 1.15 bits per heavy atom. The van der Waals surface area contributed by atoms with E-state index in [1.54, 1.807) is 12.1 Å². The fourth-order valence-corrected chi connectivity index (χ4v) is 2.68. The summed E-state index contributed by atoms with van der Waals surface area (Å²) in [5.41, 5.74) is 2.04. The van der Waals surface area contributed by atoms with Gasteiger partial charge in [-0.1, -0.05) is 6.92 Å². The highest BCUT2D eigenvalue weighted by Gasteiger charge is 2.19. The number of hydrogen-bond acceptors (Lipinski definition) is 3. The van der Waals surface area contributed by atoms with Crippen molar-refractivity contribution in [2.75, 3.05) is 37.6 Å². The molecule has 20 heavy (non-hydrogen) atoms. The number of benzene rings is 1. The van der Waals surface area contributed by atoms with Gasteiger partial charge >= 0.3 is 0 Å². The molecular weight excluding hydrogens is 253 g/mol. The molecule has 112 valence electrons. The van der Waals surface area contributed by atoms with Crippen LogP contribution in [0, 0.1) is 5.82 Å². The fraction of sp³-hybridized carbons (Fsp3) is 0.625. The van der Waals surface area contributed by atoms with Crippen molar-refractivity contribution < 1.29 is 4.39 Å². The van der Waals surface area contributed by atoms with Crippen LogP contribution < -0.4 is 10.2 Å². The second-order valence-corrected chi connectivity index (χ2v) is 5.71. The lowest BCUT2D eigenvalue weighted by atomic mass is 10.1. The van der Waals surface area contributed by atoms with Crippen LogP contribution in [0.4, 0.5) is 10.1 Å². The van der Waals surface area contributed by atoms with E-state index in [0.717, 1.165) is 50.5 Å². The highest BCUT2D eigenvalue weighted by atomic mass is 19.1. The third-order valence-electron chi connectivity index (χ3n) is 3.93. The predicted octanol–water partition coefficient (Wildman–Crippen LogP) is 2.47. The summed E-state index contributed by atoms with van der Waals surface area (Å²) in [5.74, 6) is -0.137. The van der Waals surface area contributed by atoms with Gasteiger partial charge in [-0.15, -0.1) is 0 Å². The van der Waals surface area contributed by atoms with Crippen LogP contribution in [0.25, 0.3) is 0 Å². The predicted molar refractivity (Wildman–Crippen MR) is 82.7 cm³/mol. The lowest BCUT2D eigenvalue weighted by Crippen LogP contribution is -2.48. The summed E-state index contributed by atoms with van der Waals surface area (Å²) >= 11 is 0. The Hall–Kier alpha value is -1.13. The SMILES string of the molecule is CCNCc1cc(F)cc(N2CCN(C(C)C)CC2)c1. The minimum absolute atomic E-state index is 0.137. The summed E-state index contributed by atoms with van der Waals surface area (Å²) in [4.78, 5) is 4.76. The van der Waals surface area contributed by atoms with Gasteiger partial charge in [-0.05, 0) is 44.2 Å². The Balaban J connectivity index is 2.03. The molecule has 4 heteroatoms. The summed E-state index contributed by atoms with van der Waals surface area (Å²) in [6, 6.07) is 5.97. The largest absolute Gasteiger partial charge is 0.369 e. The van der Waals surface area contributed by atoms with E-state index >= 15 is 0 Å². The lowest BCUT2D eigenvalue weighted by molar-refractivity contribution is 0.209. The molecule has 0 bridgehead atoms. The number of halogens is 1. The molecular formula is C16H26FN3. The van der Waals surface area contributed by atoms with Crippen LogP contribution in [-0.4, -0.2) is 43.7 Å². The quantitative estimate of drug-likeness (QED) is 0.893. The monoisotopic (exact) mass is 279 g/mol. The second-order valence-electron chi connectivity index (χ2n) is 5.71. The van der Waals surface area contributed by atoms with Crippen LogP contribution in [0.15, 0.2) is 18.2 Å². The summed E-state index contributed by atoms with van der Waals surface area (Å²) in [7, 11) is 0. The van der Waals surface area contributed by atoms with Crippen molar-refractivity contribution in [3.05, 3.63) is 29.6 Å². The number of nitrogens with one attached hydrogen (secondary N) is 1. The zero-order chi connectivity index (χ0) is 14.5. The fourth-order valence-electron chi connectivity index (χ4n) is 2.68. The van der Waals surface area contributed by atoms with Crippen molar-refractivity contribution >= 4 is 5.69 Å². The van der Waals surface area contributed by atoms with Gasteiger partial charge in [0.15, 0.2) is 0 Å². The number of piperazine rings is 1. The van der Waals surface area contributed by atoms with E-state index in [9.17, 15) is 4.39 Å². The number of anilines is 1. The van der Waals surface area contributed by atoms with Crippen molar-refractivity contribution in [3.8, 4) is 0 Å². The third-order valence-corrected chi connectivity index (χ3v) is 3.93. The molecule has 0 saturated carbocycles. The van der Waals surface area contributed by atoms with Crippen molar-refractivity contribution in [1.82, 2.24) is 10.2 Å². The molecule has 1 aromatic rings. The van der Waals surface area contributed by atoms with Gasteiger partial charge in [0.1, 0.15) is 5.82 Å². The van der Waals surface area contributed by atoms with E-state index in [-0.39, 0.29) is 5.82 Å². The number of rotatable bonds is 5. The Morgan fingerprint density at radius 2 is 1.85 bits per heavy atom. The molecule has 3 nitrogen and oxygen atoms in total. The first-order valence-electron chi connectivity index (χ1n) is 7.59. The topological polar surface area (TPSA) is 18.5 Å². The molecule has 0 atom stereocenters. The Bertz CT molecular complexity index is 426. The van der Waals surface area contributed by atoms with Crippen LogP contribution in [-0.2, 0) is 6.54 Å². The molecule has 0 aromatic heterocycles. The molecule has 2 rings (SSSR count). The molecule has 1 aliphatic heterocycles. The zero-order valence-corrected chi connectivity index (χ0v) is 12.8. The van der Waals surface area contributed by atoms with Crippen molar-refractivity contribution in [2.24, 2.45) is 0 Å². The smallest absolute Gasteiger partial charge is 0.125 e. The maximum atomic E-state index is 13.7. The molecule has 1 N–H and O–H groups in total. The maximum Gasteiger partial charge on any atom is 0.125 e. The molecule has 0 amide bonds. The van der Waals surface area contributed by atoms with Crippen molar-refractivity contribution in [2.45, 2.75) is 33.4 Å². The Labute approximate surface area is 121 Å². The van der Waals surface area contributed by atoms with Gasteiger partial charge in [0.2, 0.25) is 0 Å². The summed E-state index contributed by atoms with van der Waals surface area (Å²) in [6.07, 6.45) is 0. The summed E-state index contributed by atoms with van der Waals surface area (Å²) < 4.78 is 13.7.